The zero-order chi connectivity index (χ0) is 40.5. The number of imidazole rings is 2. The molecule has 0 aliphatic rings. The van der Waals surface area contributed by atoms with E-state index in [1.54, 1.807) is 0 Å². The Morgan fingerprint density at radius 3 is 1.05 bits per heavy atom. The molecule has 11 rings (SSSR count). The second-order valence-electron chi connectivity index (χ2n) is 14.6. The van der Waals surface area contributed by atoms with Crippen molar-refractivity contribution in [2.45, 2.75) is 0 Å². The van der Waals surface area contributed by atoms with E-state index in [2.05, 4.69) is 172 Å². The van der Waals surface area contributed by atoms with Gasteiger partial charge in [-0.2, -0.15) is 9.97 Å². The normalized spacial score (nSPS) is 11.3. The second-order valence-corrected chi connectivity index (χ2v) is 14.6. The molecule has 0 bridgehead atoms. The first-order valence-corrected chi connectivity index (χ1v) is 20.2. The fourth-order valence-corrected chi connectivity index (χ4v) is 7.91. The van der Waals surface area contributed by atoms with Gasteiger partial charge in [-0.15, -0.1) is 0 Å². The Morgan fingerprint density at radius 2 is 0.639 bits per heavy atom. The Balaban J connectivity index is 1.04. The SMILES string of the molecule is c1ccc(N(c2ccccc2)c2nc(-c3ccc(-c4nc5ccccc5n4-c4ccccc4)cc3)nc(-c3ccc(-c4nc5ccccc5n4-c4ccccc4)cc3)n2)cc1. The lowest BCUT2D eigenvalue weighted by atomic mass is 10.1. The van der Waals surface area contributed by atoms with Gasteiger partial charge in [0.1, 0.15) is 11.6 Å². The van der Waals surface area contributed by atoms with Crippen molar-refractivity contribution in [3.8, 4) is 56.9 Å². The summed E-state index contributed by atoms with van der Waals surface area (Å²) in [6.07, 6.45) is 0. The van der Waals surface area contributed by atoms with Crippen LogP contribution < -0.4 is 4.90 Å². The number of aromatic nitrogens is 7. The Bertz CT molecular complexity index is 3050. The van der Waals surface area contributed by atoms with E-state index in [1.807, 2.05) is 60.7 Å². The molecule has 0 aliphatic carbocycles. The average Bonchev–Trinajstić information content (AvgIpc) is 3.93. The van der Waals surface area contributed by atoms with E-state index >= 15 is 0 Å². The summed E-state index contributed by atoms with van der Waals surface area (Å²) in [7, 11) is 0. The first-order chi connectivity index (χ1) is 30.2. The van der Waals surface area contributed by atoms with Gasteiger partial charge >= 0.3 is 0 Å². The Kier molecular flexibility index (Phi) is 8.98. The predicted octanol–water partition coefficient (Wildman–Crippen LogP) is 12.7. The van der Waals surface area contributed by atoms with Gasteiger partial charge in [-0.3, -0.25) is 14.0 Å². The third-order valence-electron chi connectivity index (χ3n) is 10.8. The van der Waals surface area contributed by atoms with Gasteiger partial charge in [0.2, 0.25) is 5.95 Å². The molecule has 8 heteroatoms. The van der Waals surface area contributed by atoms with E-state index in [0.29, 0.717) is 17.6 Å². The highest BCUT2D eigenvalue weighted by atomic mass is 15.3. The first kappa shape index (κ1) is 35.7. The van der Waals surface area contributed by atoms with E-state index in [9.17, 15) is 0 Å². The van der Waals surface area contributed by atoms with E-state index in [0.717, 1.165) is 78.7 Å². The molecular weight excluding hydrogens is 749 g/mol. The third-order valence-corrected chi connectivity index (χ3v) is 10.8. The maximum absolute atomic E-state index is 5.19. The molecule has 0 fully saturated rings. The van der Waals surface area contributed by atoms with Crippen molar-refractivity contribution in [2.75, 3.05) is 4.90 Å². The van der Waals surface area contributed by atoms with Crippen LogP contribution in [0.25, 0.3) is 79.0 Å². The third kappa shape index (κ3) is 6.68. The zero-order valence-electron chi connectivity index (χ0n) is 32.9. The fourth-order valence-electron chi connectivity index (χ4n) is 7.91. The Morgan fingerprint density at radius 1 is 0.295 bits per heavy atom. The van der Waals surface area contributed by atoms with Crippen LogP contribution in [0.2, 0.25) is 0 Å². The molecule has 8 nitrogen and oxygen atoms in total. The first-order valence-electron chi connectivity index (χ1n) is 20.2. The van der Waals surface area contributed by atoms with E-state index in [1.165, 1.54) is 0 Å². The number of para-hydroxylation sites is 8. The average molecular weight is 785 g/mol. The van der Waals surface area contributed by atoms with Gasteiger partial charge in [-0.25, -0.2) is 15.0 Å². The molecule has 0 radical (unpaired) electrons. The molecular formula is C53H36N8. The summed E-state index contributed by atoms with van der Waals surface area (Å²) in [6, 6.07) is 74.2. The van der Waals surface area contributed by atoms with Crippen molar-refractivity contribution in [2.24, 2.45) is 0 Å². The maximum Gasteiger partial charge on any atom is 0.238 e. The van der Waals surface area contributed by atoms with Crippen LogP contribution in [0.4, 0.5) is 17.3 Å². The maximum atomic E-state index is 5.19. The fraction of sp³-hybridized carbons (Fsp3) is 0. The van der Waals surface area contributed by atoms with Crippen LogP contribution in [0.15, 0.2) is 218 Å². The van der Waals surface area contributed by atoms with Crippen LogP contribution in [0, 0.1) is 0 Å². The zero-order valence-corrected chi connectivity index (χ0v) is 32.9. The molecule has 11 aromatic rings. The molecule has 0 unspecified atom stereocenters. The van der Waals surface area contributed by atoms with E-state index in [-0.39, 0.29) is 0 Å². The van der Waals surface area contributed by atoms with Gasteiger partial charge in [-0.05, 0) is 72.8 Å². The summed E-state index contributed by atoms with van der Waals surface area (Å²) >= 11 is 0. The van der Waals surface area contributed by atoms with Gasteiger partial charge in [0.05, 0.1) is 22.1 Å². The highest BCUT2D eigenvalue weighted by molar-refractivity contribution is 5.85. The van der Waals surface area contributed by atoms with E-state index in [4.69, 9.17) is 24.9 Å². The minimum absolute atomic E-state index is 0.502. The minimum Gasteiger partial charge on any atom is -0.292 e. The standard InChI is InChI=1S/C53H36N8/c1-5-17-41(18-6-1)59(42-19-7-2-8-20-42)53-57-49(37-29-33-39(34-30-37)51-54-45-25-13-15-27-47(45)60(51)43-21-9-3-10-22-43)56-50(58-53)38-31-35-40(36-32-38)52-55-46-26-14-16-28-48(46)61(52)44-23-11-4-12-24-44/h1-36H. The lowest BCUT2D eigenvalue weighted by molar-refractivity contribution is 1.02. The van der Waals surface area contributed by atoms with Crippen LogP contribution in [0.3, 0.4) is 0 Å². The van der Waals surface area contributed by atoms with Crippen molar-refractivity contribution in [3.05, 3.63) is 218 Å². The summed E-state index contributed by atoms with van der Waals surface area (Å²) in [6.45, 7) is 0. The van der Waals surface area contributed by atoms with E-state index < -0.39 is 0 Å². The summed E-state index contributed by atoms with van der Waals surface area (Å²) in [5, 5.41) is 0. The van der Waals surface area contributed by atoms with Crippen LogP contribution >= 0.6 is 0 Å². The van der Waals surface area contributed by atoms with Crippen LogP contribution in [0.1, 0.15) is 0 Å². The van der Waals surface area contributed by atoms with Gasteiger partial charge in [0.25, 0.3) is 0 Å². The molecule has 288 valence electrons. The molecule has 0 saturated carbocycles. The smallest absolute Gasteiger partial charge is 0.238 e. The highest BCUT2D eigenvalue weighted by Gasteiger charge is 2.21. The molecule has 0 saturated heterocycles. The highest BCUT2D eigenvalue weighted by Crippen LogP contribution is 2.36. The van der Waals surface area contributed by atoms with Crippen molar-refractivity contribution in [3.63, 3.8) is 0 Å². The Labute approximate surface area is 352 Å². The van der Waals surface area contributed by atoms with Crippen LogP contribution in [-0.2, 0) is 0 Å². The second kappa shape index (κ2) is 15.4. The van der Waals surface area contributed by atoms with Crippen molar-refractivity contribution in [1.29, 1.82) is 0 Å². The summed E-state index contributed by atoms with van der Waals surface area (Å²) in [5.74, 6) is 3.32. The number of rotatable bonds is 9. The summed E-state index contributed by atoms with van der Waals surface area (Å²) < 4.78 is 4.42. The molecule has 0 aliphatic heterocycles. The summed E-state index contributed by atoms with van der Waals surface area (Å²) in [5.41, 5.74) is 11.6. The number of anilines is 3. The molecule has 3 aromatic heterocycles. The quantitative estimate of drug-likeness (QED) is 0.145. The van der Waals surface area contributed by atoms with Gasteiger partial charge in [0.15, 0.2) is 11.6 Å². The molecule has 0 amide bonds. The molecule has 61 heavy (non-hydrogen) atoms. The topological polar surface area (TPSA) is 77.5 Å². The number of hydrogen-bond acceptors (Lipinski definition) is 6. The summed E-state index contributed by atoms with van der Waals surface area (Å²) in [4.78, 5) is 27.8. The largest absolute Gasteiger partial charge is 0.292 e. The minimum atomic E-state index is 0.502. The number of benzene rings is 8. The molecule has 3 heterocycles. The van der Waals surface area contributed by atoms with Crippen molar-refractivity contribution in [1.82, 2.24) is 34.1 Å². The number of fused-ring (bicyclic) bond motifs is 2. The van der Waals surface area contributed by atoms with Crippen molar-refractivity contribution < 1.29 is 0 Å². The number of nitrogens with zero attached hydrogens (tertiary/aromatic N) is 8. The van der Waals surface area contributed by atoms with Crippen LogP contribution in [0.5, 0.6) is 0 Å². The van der Waals surface area contributed by atoms with Gasteiger partial charge in [-0.1, -0.05) is 146 Å². The molecule has 0 atom stereocenters. The lowest BCUT2D eigenvalue weighted by Crippen LogP contribution is -2.15. The molecule has 0 spiro atoms. The van der Waals surface area contributed by atoms with Crippen LogP contribution in [-0.4, -0.2) is 34.1 Å². The monoisotopic (exact) mass is 784 g/mol. The van der Waals surface area contributed by atoms with Gasteiger partial charge in [0, 0.05) is 45.0 Å². The Hall–Kier alpha value is -8.49. The van der Waals surface area contributed by atoms with Crippen molar-refractivity contribution >= 4 is 39.4 Å². The van der Waals surface area contributed by atoms with Gasteiger partial charge < -0.3 is 0 Å². The lowest BCUT2D eigenvalue weighted by Gasteiger charge is -2.23. The molecule has 8 aromatic carbocycles. The number of hydrogen-bond donors (Lipinski definition) is 0. The predicted molar refractivity (Wildman–Crippen MR) is 246 cm³/mol. The molecule has 0 N–H and O–H groups in total.